The summed E-state index contributed by atoms with van der Waals surface area (Å²) >= 11 is 1.71. The number of carboxylic acid groups (broad SMARTS) is 1. The number of alkyl halides is 3. The lowest BCUT2D eigenvalue weighted by molar-refractivity contribution is -0.192. The van der Waals surface area contributed by atoms with Gasteiger partial charge in [-0.2, -0.15) is 13.2 Å². The molecule has 2 aromatic heterocycles. The molecule has 0 aromatic carbocycles. The second-order valence-electron chi connectivity index (χ2n) is 7.92. The molecule has 0 saturated carbocycles. The number of carbonyl (C=O) groups is 2. The number of aromatic nitrogens is 1. The first-order chi connectivity index (χ1) is 15.2. The fraction of sp³-hybridized carbons (Fsp3) is 0.500. The number of hydrogen-bond acceptors (Lipinski definition) is 5. The Bertz CT molecular complexity index is 887. The minimum absolute atomic E-state index is 0.241. The van der Waals surface area contributed by atoms with E-state index in [-0.39, 0.29) is 5.91 Å². The van der Waals surface area contributed by atoms with E-state index in [1.807, 2.05) is 18.5 Å². The van der Waals surface area contributed by atoms with Crippen LogP contribution in [0.3, 0.4) is 0 Å². The third kappa shape index (κ3) is 6.77. The van der Waals surface area contributed by atoms with E-state index in [4.69, 9.17) is 9.90 Å². The number of rotatable bonds is 4. The molecule has 32 heavy (non-hydrogen) atoms. The highest BCUT2D eigenvalue weighted by Gasteiger charge is 2.38. The largest absolute Gasteiger partial charge is 0.490 e. The van der Waals surface area contributed by atoms with E-state index in [2.05, 4.69) is 27.3 Å². The normalized spacial score (nSPS) is 16.7. The minimum atomic E-state index is -5.08. The molecule has 0 bridgehead atoms. The maximum Gasteiger partial charge on any atom is 0.490 e. The highest BCUT2D eigenvalue weighted by atomic mass is 32.1. The van der Waals surface area contributed by atoms with Crippen LogP contribution in [0.4, 0.5) is 13.2 Å². The summed E-state index contributed by atoms with van der Waals surface area (Å²) < 4.78 is 31.7. The smallest absolute Gasteiger partial charge is 0.475 e. The van der Waals surface area contributed by atoms with Crippen LogP contribution >= 0.6 is 11.3 Å². The molecule has 2 aliphatic rings. The number of halogens is 3. The van der Waals surface area contributed by atoms with Crippen molar-refractivity contribution in [1.29, 1.82) is 0 Å². The molecule has 2 aromatic rings. The molecule has 0 unspecified atom stereocenters. The summed E-state index contributed by atoms with van der Waals surface area (Å²) in [5.74, 6) is -1.79. The predicted molar refractivity (Wildman–Crippen MR) is 115 cm³/mol. The van der Waals surface area contributed by atoms with Gasteiger partial charge in [-0.15, -0.1) is 11.3 Å². The van der Waals surface area contributed by atoms with E-state index in [9.17, 15) is 18.0 Å². The Morgan fingerprint density at radius 2 is 2.00 bits per heavy atom. The van der Waals surface area contributed by atoms with Crippen molar-refractivity contribution < 1.29 is 27.9 Å². The van der Waals surface area contributed by atoms with Gasteiger partial charge in [-0.3, -0.25) is 9.78 Å². The Morgan fingerprint density at radius 3 is 2.59 bits per heavy atom. The van der Waals surface area contributed by atoms with Crippen LogP contribution in [0, 0.1) is 5.92 Å². The molecule has 2 aliphatic heterocycles. The second-order valence-corrected chi connectivity index (χ2v) is 9.06. The molecule has 1 saturated heterocycles. The van der Waals surface area contributed by atoms with Crippen LogP contribution in [0.15, 0.2) is 30.6 Å². The number of likely N-dealkylation sites (tertiary alicyclic amines) is 1. The number of carboxylic acids is 1. The molecular formula is C22H26F3N3O3S. The zero-order valence-corrected chi connectivity index (χ0v) is 18.3. The number of pyridine rings is 1. The fourth-order valence-electron chi connectivity index (χ4n) is 3.86. The average Bonchev–Trinajstić information content (AvgIpc) is 3.22. The van der Waals surface area contributed by atoms with Crippen LogP contribution in [0.2, 0.25) is 0 Å². The average molecular weight is 470 g/mol. The van der Waals surface area contributed by atoms with Crippen LogP contribution in [-0.2, 0) is 24.2 Å². The quantitative estimate of drug-likeness (QED) is 0.710. The van der Waals surface area contributed by atoms with Gasteiger partial charge in [0.05, 0.1) is 4.88 Å². The number of fused-ring (bicyclic) bond motifs is 1. The molecule has 2 N–H and O–H groups in total. The van der Waals surface area contributed by atoms with Crippen molar-refractivity contribution in [2.45, 2.75) is 44.8 Å². The van der Waals surface area contributed by atoms with Crippen LogP contribution in [0.25, 0.3) is 0 Å². The van der Waals surface area contributed by atoms with Crippen molar-refractivity contribution in [3.63, 3.8) is 0 Å². The maximum atomic E-state index is 12.8. The van der Waals surface area contributed by atoms with E-state index in [0.717, 1.165) is 62.7 Å². The highest BCUT2D eigenvalue weighted by Crippen LogP contribution is 2.28. The zero-order valence-electron chi connectivity index (χ0n) is 17.5. The van der Waals surface area contributed by atoms with E-state index < -0.39 is 12.1 Å². The van der Waals surface area contributed by atoms with Gasteiger partial charge in [0.25, 0.3) is 5.91 Å². The first kappa shape index (κ1) is 24.2. The molecule has 0 atom stereocenters. The van der Waals surface area contributed by atoms with Crippen molar-refractivity contribution in [2.75, 3.05) is 19.6 Å². The molecule has 1 fully saturated rings. The molecule has 174 valence electrons. The summed E-state index contributed by atoms with van der Waals surface area (Å²) in [7, 11) is 0. The first-order valence-electron chi connectivity index (χ1n) is 10.5. The van der Waals surface area contributed by atoms with Crippen molar-refractivity contribution in [3.8, 4) is 0 Å². The summed E-state index contributed by atoms with van der Waals surface area (Å²) in [6.45, 7) is 3.74. The lowest BCUT2D eigenvalue weighted by Crippen LogP contribution is -2.38. The van der Waals surface area contributed by atoms with Gasteiger partial charge in [-0.05, 0) is 61.3 Å². The Hall–Kier alpha value is -2.46. The lowest BCUT2D eigenvalue weighted by Gasteiger charge is -2.31. The minimum Gasteiger partial charge on any atom is -0.475 e. The first-order valence-corrected chi connectivity index (χ1v) is 11.4. The number of carbonyl (C=O) groups excluding carboxylic acids is 1. The van der Waals surface area contributed by atoms with E-state index in [0.29, 0.717) is 0 Å². The molecule has 4 rings (SSSR count). The molecule has 4 heterocycles. The van der Waals surface area contributed by atoms with Crippen molar-refractivity contribution >= 4 is 23.2 Å². The summed E-state index contributed by atoms with van der Waals surface area (Å²) in [4.78, 5) is 30.3. The van der Waals surface area contributed by atoms with Crippen LogP contribution < -0.4 is 5.32 Å². The third-order valence-corrected chi connectivity index (χ3v) is 6.89. The molecular weight excluding hydrogens is 443 g/mol. The van der Waals surface area contributed by atoms with Crippen LogP contribution in [0.1, 0.15) is 44.9 Å². The van der Waals surface area contributed by atoms with Gasteiger partial charge < -0.3 is 15.3 Å². The Morgan fingerprint density at radius 1 is 1.28 bits per heavy atom. The van der Waals surface area contributed by atoms with Crippen LogP contribution in [0.5, 0.6) is 0 Å². The number of thiophene rings is 1. The van der Waals surface area contributed by atoms with Crippen molar-refractivity contribution in [1.82, 2.24) is 15.2 Å². The van der Waals surface area contributed by atoms with Crippen molar-refractivity contribution in [2.24, 2.45) is 5.92 Å². The van der Waals surface area contributed by atoms with Gasteiger partial charge in [0.2, 0.25) is 0 Å². The molecule has 1 amide bonds. The number of nitrogens with one attached hydrogen (secondary N) is 1. The molecule has 0 aliphatic carbocycles. The van der Waals surface area contributed by atoms with Gasteiger partial charge in [0.1, 0.15) is 0 Å². The molecule has 0 spiro atoms. The zero-order chi connectivity index (χ0) is 23.1. The number of amides is 1. The summed E-state index contributed by atoms with van der Waals surface area (Å²) in [6, 6.07) is 6.27. The Kier molecular flexibility index (Phi) is 8.25. The molecule has 10 heteroatoms. The fourth-order valence-corrected chi connectivity index (χ4v) is 5.00. The number of aliphatic carboxylic acids is 1. The third-order valence-electron chi connectivity index (χ3n) is 5.66. The van der Waals surface area contributed by atoms with Crippen molar-refractivity contribution in [3.05, 3.63) is 51.5 Å². The van der Waals surface area contributed by atoms with Gasteiger partial charge in [0.15, 0.2) is 0 Å². The summed E-state index contributed by atoms with van der Waals surface area (Å²) in [5.41, 5.74) is 2.64. The number of aryl methyl sites for hydroxylation is 1. The number of nitrogens with zero attached hydrogens (tertiary/aromatic N) is 2. The number of hydrogen-bond donors (Lipinski definition) is 2. The van der Waals surface area contributed by atoms with Crippen LogP contribution in [-0.4, -0.2) is 52.7 Å². The Balaban J connectivity index is 0.000000360. The molecule has 0 radical (unpaired) electrons. The highest BCUT2D eigenvalue weighted by molar-refractivity contribution is 7.14. The topological polar surface area (TPSA) is 82.5 Å². The standard InChI is InChI=1S/C20H25N3OS.C2HF3O2/c24-20(19-12-17-14-22-9-5-18(17)25-19)23-10-6-15(7-11-23)3-4-16-2-1-8-21-13-16;3-2(4,5)1(6)7/h1-2,8,12-13,15,22H,3-7,9-11,14H2;(H,6,7). The van der Waals surface area contributed by atoms with Gasteiger partial charge >= 0.3 is 12.1 Å². The van der Waals surface area contributed by atoms with E-state index in [1.165, 1.54) is 22.4 Å². The lowest BCUT2D eigenvalue weighted by atomic mass is 9.91. The monoisotopic (exact) mass is 469 g/mol. The maximum absolute atomic E-state index is 12.8. The second kappa shape index (κ2) is 10.9. The van der Waals surface area contributed by atoms with E-state index in [1.54, 1.807) is 11.3 Å². The Labute approximate surface area is 188 Å². The van der Waals surface area contributed by atoms with Gasteiger partial charge in [-0.1, -0.05) is 6.07 Å². The van der Waals surface area contributed by atoms with Gasteiger partial charge in [-0.25, -0.2) is 4.79 Å². The predicted octanol–water partition coefficient (Wildman–Crippen LogP) is 3.91. The van der Waals surface area contributed by atoms with Gasteiger partial charge in [0, 0.05) is 43.4 Å². The molecule has 6 nitrogen and oxygen atoms in total. The summed E-state index contributed by atoms with van der Waals surface area (Å²) in [5, 5.41) is 10.5. The SMILES string of the molecule is O=C(O)C(F)(F)F.O=C(c1cc2c(s1)CCNC2)N1CCC(CCc2cccnc2)CC1. The summed E-state index contributed by atoms with van der Waals surface area (Å²) in [6.07, 6.45) is 4.31. The van der Waals surface area contributed by atoms with E-state index >= 15 is 0 Å². The number of piperidine rings is 1.